The van der Waals surface area contributed by atoms with E-state index in [-0.39, 0.29) is 12.9 Å². The molecule has 0 aromatic carbocycles. The lowest BCUT2D eigenvalue weighted by atomic mass is 10.4. The molecule has 1 N–H and O–H groups in total. The lowest BCUT2D eigenvalue weighted by Gasteiger charge is -2.26. The molecule has 0 aromatic heterocycles. The Labute approximate surface area is 122 Å². The fraction of sp³-hybridized carbons (Fsp3) is 1.00. The van der Waals surface area contributed by atoms with Crippen molar-refractivity contribution in [2.45, 2.75) is 33.6 Å². The van der Waals surface area contributed by atoms with Crippen LogP contribution in [0.1, 0.15) is 33.6 Å². The number of hydrogen-bond donors (Lipinski definition) is 1. The Balaban J connectivity index is 4.23. The van der Waals surface area contributed by atoms with Crippen molar-refractivity contribution < 1.29 is 23.5 Å². The van der Waals surface area contributed by atoms with E-state index in [1.807, 2.05) is 4.90 Å². The van der Waals surface area contributed by atoms with Crippen molar-refractivity contribution in [2.24, 2.45) is 0 Å². The summed E-state index contributed by atoms with van der Waals surface area (Å²) >= 11 is 0. The van der Waals surface area contributed by atoms with E-state index >= 15 is 0 Å². The van der Waals surface area contributed by atoms with Crippen molar-refractivity contribution in [3.63, 3.8) is 0 Å². The monoisotopic (exact) mass is 311 g/mol. The first-order chi connectivity index (χ1) is 9.61. The van der Waals surface area contributed by atoms with E-state index in [0.29, 0.717) is 32.9 Å². The molecule has 0 aliphatic carbocycles. The second-order valence-electron chi connectivity index (χ2n) is 4.40. The second-order valence-corrected chi connectivity index (χ2v) is 6.42. The average Bonchev–Trinajstić information content (AvgIpc) is 2.39. The standard InChI is InChI=1S/C13H30NO5P/c1-4-7-11-17-12-9-14(8-10-15)13-20(16,18-5-2)19-6-3/h15H,4-13H2,1-3H3. The van der Waals surface area contributed by atoms with E-state index in [4.69, 9.17) is 18.9 Å². The van der Waals surface area contributed by atoms with Gasteiger partial charge in [0, 0.05) is 19.7 Å². The summed E-state index contributed by atoms with van der Waals surface area (Å²) in [7, 11) is -3.11. The van der Waals surface area contributed by atoms with Crippen molar-refractivity contribution in [2.75, 3.05) is 52.4 Å². The van der Waals surface area contributed by atoms with E-state index in [9.17, 15) is 4.57 Å². The van der Waals surface area contributed by atoms with E-state index in [1.54, 1.807) is 13.8 Å². The maximum absolute atomic E-state index is 12.4. The third-order valence-corrected chi connectivity index (χ3v) is 4.68. The Morgan fingerprint density at radius 2 is 1.70 bits per heavy atom. The summed E-state index contributed by atoms with van der Waals surface area (Å²) in [5, 5.41) is 9.08. The number of ether oxygens (including phenoxy) is 1. The molecule has 6 nitrogen and oxygen atoms in total. The largest absolute Gasteiger partial charge is 0.395 e. The molecule has 0 saturated carbocycles. The minimum Gasteiger partial charge on any atom is -0.395 e. The van der Waals surface area contributed by atoms with Crippen molar-refractivity contribution in [1.82, 2.24) is 4.90 Å². The third-order valence-electron chi connectivity index (χ3n) is 2.64. The topological polar surface area (TPSA) is 68.2 Å². The first kappa shape index (κ1) is 20.0. The third kappa shape index (κ3) is 9.86. The first-order valence-electron chi connectivity index (χ1n) is 7.40. The van der Waals surface area contributed by atoms with Gasteiger partial charge < -0.3 is 18.9 Å². The van der Waals surface area contributed by atoms with Crippen molar-refractivity contribution >= 4 is 7.60 Å². The molecule has 0 bridgehead atoms. The van der Waals surface area contributed by atoms with Gasteiger partial charge in [-0.3, -0.25) is 9.46 Å². The number of hydrogen-bond acceptors (Lipinski definition) is 6. The van der Waals surface area contributed by atoms with Crippen LogP contribution in [0, 0.1) is 0 Å². The Morgan fingerprint density at radius 1 is 1.05 bits per heavy atom. The zero-order chi connectivity index (χ0) is 15.3. The highest BCUT2D eigenvalue weighted by molar-refractivity contribution is 7.53. The van der Waals surface area contributed by atoms with Crippen LogP contribution < -0.4 is 0 Å². The zero-order valence-electron chi connectivity index (χ0n) is 13.0. The Morgan fingerprint density at radius 3 is 2.20 bits per heavy atom. The van der Waals surface area contributed by atoms with Crippen molar-refractivity contribution in [3.05, 3.63) is 0 Å². The Hall–Kier alpha value is 0.0300. The summed E-state index contributed by atoms with van der Waals surface area (Å²) in [4.78, 5) is 1.86. The molecule has 0 atom stereocenters. The van der Waals surface area contributed by atoms with Gasteiger partial charge in [-0.15, -0.1) is 0 Å². The summed E-state index contributed by atoms with van der Waals surface area (Å²) < 4.78 is 28.4. The number of unbranched alkanes of at least 4 members (excludes halogenated alkanes) is 1. The number of nitrogens with zero attached hydrogens (tertiary/aromatic N) is 1. The molecule has 0 fully saturated rings. The van der Waals surface area contributed by atoms with E-state index in [1.165, 1.54) is 0 Å². The van der Waals surface area contributed by atoms with Gasteiger partial charge in [-0.25, -0.2) is 0 Å². The first-order valence-corrected chi connectivity index (χ1v) is 9.13. The molecule has 7 heteroatoms. The van der Waals surface area contributed by atoms with Gasteiger partial charge >= 0.3 is 7.60 Å². The van der Waals surface area contributed by atoms with Crippen LogP contribution in [0.5, 0.6) is 0 Å². The number of aliphatic hydroxyl groups excluding tert-OH is 1. The Bertz CT molecular complexity index is 255. The lowest BCUT2D eigenvalue weighted by molar-refractivity contribution is 0.0957. The Kier molecular flexibility index (Phi) is 12.8. The van der Waals surface area contributed by atoms with Crippen LogP contribution in [-0.4, -0.2) is 62.4 Å². The molecule has 0 rings (SSSR count). The van der Waals surface area contributed by atoms with Gasteiger partial charge in [0.25, 0.3) is 0 Å². The summed E-state index contributed by atoms with van der Waals surface area (Å²) in [5.41, 5.74) is 0. The van der Waals surface area contributed by atoms with Crippen LogP contribution in [-0.2, 0) is 18.3 Å². The summed E-state index contributed by atoms with van der Waals surface area (Å²) in [6, 6.07) is 0. The SMILES string of the molecule is CCCCOCCN(CCO)CP(=O)(OCC)OCC. The molecule has 0 saturated heterocycles. The van der Waals surface area contributed by atoms with Gasteiger partial charge in [-0.1, -0.05) is 13.3 Å². The maximum Gasteiger partial charge on any atom is 0.344 e. The van der Waals surface area contributed by atoms with Gasteiger partial charge in [-0.05, 0) is 20.3 Å². The highest BCUT2D eigenvalue weighted by Gasteiger charge is 2.26. The van der Waals surface area contributed by atoms with Crippen LogP contribution in [0.2, 0.25) is 0 Å². The van der Waals surface area contributed by atoms with Gasteiger partial charge in [0.2, 0.25) is 0 Å². The molecule has 0 aliphatic heterocycles. The molecule has 0 unspecified atom stereocenters. The van der Waals surface area contributed by atoms with E-state index in [0.717, 1.165) is 19.4 Å². The van der Waals surface area contributed by atoms with E-state index in [2.05, 4.69) is 6.92 Å². The summed E-state index contributed by atoms with van der Waals surface area (Å²) in [6.07, 6.45) is 2.33. The summed E-state index contributed by atoms with van der Waals surface area (Å²) in [6.45, 7) is 8.71. The van der Waals surface area contributed by atoms with Gasteiger partial charge in [0.1, 0.15) is 6.29 Å². The zero-order valence-corrected chi connectivity index (χ0v) is 13.9. The minimum absolute atomic E-state index is 0.00715. The second kappa shape index (κ2) is 12.7. The fourth-order valence-corrected chi connectivity index (χ4v) is 3.49. The molecule has 0 amide bonds. The fourth-order valence-electron chi connectivity index (χ4n) is 1.69. The molecule has 0 heterocycles. The molecule has 20 heavy (non-hydrogen) atoms. The molecule has 0 aromatic rings. The van der Waals surface area contributed by atoms with Crippen LogP contribution in [0.3, 0.4) is 0 Å². The smallest absolute Gasteiger partial charge is 0.344 e. The predicted molar refractivity (Wildman–Crippen MR) is 80.1 cm³/mol. The van der Waals surface area contributed by atoms with Crippen molar-refractivity contribution in [3.8, 4) is 0 Å². The van der Waals surface area contributed by atoms with E-state index < -0.39 is 7.60 Å². The highest BCUT2D eigenvalue weighted by Crippen LogP contribution is 2.48. The number of rotatable bonds is 14. The number of aliphatic hydroxyl groups is 1. The van der Waals surface area contributed by atoms with Crippen LogP contribution >= 0.6 is 7.60 Å². The van der Waals surface area contributed by atoms with Crippen LogP contribution in [0.4, 0.5) is 0 Å². The average molecular weight is 311 g/mol. The molecule has 0 aliphatic rings. The van der Waals surface area contributed by atoms with Gasteiger partial charge in [-0.2, -0.15) is 0 Å². The molecule has 0 spiro atoms. The van der Waals surface area contributed by atoms with Gasteiger partial charge in [0.05, 0.1) is 26.4 Å². The molecule has 0 radical (unpaired) electrons. The molecule has 122 valence electrons. The summed E-state index contributed by atoms with van der Waals surface area (Å²) in [5.74, 6) is 0. The quantitative estimate of drug-likeness (QED) is 0.392. The molecular weight excluding hydrogens is 281 g/mol. The van der Waals surface area contributed by atoms with Crippen LogP contribution in [0.15, 0.2) is 0 Å². The predicted octanol–water partition coefficient (Wildman–Crippen LogP) is 2.32. The van der Waals surface area contributed by atoms with Gasteiger partial charge in [0.15, 0.2) is 0 Å². The van der Waals surface area contributed by atoms with Crippen LogP contribution in [0.25, 0.3) is 0 Å². The normalized spacial score (nSPS) is 12.2. The molecular formula is C13H30NO5P. The maximum atomic E-state index is 12.4. The highest BCUT2D eigenvalue weighted by atomic mass is 31.2. The lowest BCUT2D eigenvalue weighted by Crippen LogP contribution is -2.32. The minimum atomic E-state index is -3.11. The van der Waals surface area contributed by atoms with Crippen molar-refractivity contribution in [1.29, 1.82) is 0 Å².